The van der Waals surface area contributed by atoms with Gasteiger partial charge in [-0.25, -0.2) is 0 Å². The van der Waals surface area contributed by atoms with E-state index in [2.05, 4.69) is 19.2 Å². The summed E-state index contributed by atoms with van der Waals surface area (Å²) in [5.74, 6) is 2.40. The van der Waals surface area contributed by atoms with Crippen LogP contribution in [0.15, 0.2) is 12.1 Å². The van der Waals surface area contributed by atoms with Crippen molar-refractivity contribution >= 4 is 0 Å². The Morgan fingerprint density at radius 1 is 1.05 bits per heavy atom. The lowest BCUT2D eigenvalue weighted by atomic mass is 10.0. The first-order valence-electron chi connectivity index (χ1n) is 7.18. The van der Waals surface area contributed by atoms with Crippen LogP contribution in [0.4, 0.5) is 0 Å². The van der Waals surface area contributed by atoms with Crippen molar-refractivity contribution in [3.8, 4) is 17.2 Å². The van der Waals surface area contributed by atoms with Gasteiger partial charge in [0.05, 0.1) is 21.3 Å². The Balaban J connectivity index is 2.81. The van der Waals surface area contributed by atoms with Crippen LogP contribution in [0.3, 0.4) is 0 Å². The van der Waals surface area contributed by atoms with Crippen LogP contribution in [-0.4, -0.2) is 33.9 Å². The van der Waals surface area contributed by atoms with Gasteiger partial charge < -0.3 is 19.5 Å². The Labute approximate surface area is 122 Å². The Morgan fingerprint density at radius 2 is 1.65 bits per heavy atom. The Bertz CT molecular complexity index is 382. The Hall–Kier alpha value is -1.42. The van der Waals surface area contributed by atoms with Gasteiger partial charge in [0.1, 0.15) is 17.2 Å². The Morgan fingerprint density at radius 3 is 2.10 bits per heavy atom. The maximum absolute atomic E-state index is 5.46. The fourth-order valence-electron chi connectivity index (χ4n) is 2.18. The minimum Gasteiger partial charge on any atom is -0.496 e. The minimum absolute atomic E-state index is 0.478. The Kier molecular flexibility index (Phi) is 7.23. The summed E-state index contributed by atoms with van der Waals surface area (Å²) in [5, 5.41) is 3.49. The highest BCUT2D eigenvalue weighted by molar-refractivity contribution is 5.50. The van der Waals surface area contributed by atoms with Crippen LogP contribution in [0, 0.1) is 0 Å². The van der Waals surface area contributed by atoms with Gasteiger partial charge >= 0.3 is 0 Å². The van der Waals surface area contributed by atoms with Crippen molar-refractivity contribution in [2.75, 3.05) is 27.9 Å². The van der Waals surface area contributed by atoms with Crippen molar-refractivity contribution in [2.45, 2.75) is 39.2 Å². The molecule has 1 N–H and O–H groups in total. The second-order valence-corrected chi connectivity index (χ2v) is 4.90. The van der Waals surface area contributed by atoms with Crippen LogP contribution in [0.5, 0.6) is 17.2 Å². The van der Waals surface area contributed by atoms with Gasteiger partial charge in [-0.1, -0.05) is 6.92 Å². The van der Waals surface area contributed by atoms with Crippen LogP contribution < -0.4 is 19.5 Å². The van der Waals surface area contributed by atoms with E-state index in [0.717, 1.165) is 48.6 Å². The highest BCUT2D eigenvalue weighted by atomic mass is 16.5. The molecule has 0 aliphatic carbocycles. The van der Waals surface area contributed by atoms with Gasteiger partial charge in [0.15, 0.2) is 0 Å². The fourth-order valence-corrected chi connectivity index (χ4v) is 2.18. The SMILES string of the molecule is CCCNC(C)CCc1c(OC)cc(OC)cc1OC. The summed E-state index contributed by atoms with van der Waals surface area (Å²) in [5.41, 5.74) is 1.10. The van der Waals surface area contributed by atoms with Crippen LogP contribution in [0.1, 0.15) is 32.3 Å². The molecule has 0 aliphatic heterocycles. The molecule has 114 valence electrons. The van der Waals surface area contributed by atoms with Gasteiger partial charge in [0.25, 0.3) is 0 Å². The number of rotatable bonds is 9. The normalized spacial score (nSPS) is 12.1. The number of methoxy groups -OCH3 is 3. The minimum atomic E-state index is 0.478. The molecule has 0 heterocycles. The monoisotopic (exact) mass is 281 g/mol. The summed E-state index contributed by atoms with van der Waals surface area (Å²) in [6.45, 7) is 5.44. The molecule has 4 heteroatoms. The van der Waals surface area contributed by atoms with Gasteiger partial charge in [-0.05, 0) is 32.7 Å². The van der Waals surface area contributed by atoms with E-state index in [-0.39, 0.29) is 0 Å². The number of hydrogen-bond donors (Lipinski definition) is 1. The lowest BCUT2D eigenvalue weighted by molar-refractivity contribution is 0.366. The third-order valence-electron chi connectivity index (χ3n) is 3.39. The molecule has 1 unspecified atom stereocenters. The van der Waals surface area contributed by atoms with Gasteiger partial charge in [-0.2, -0.15) is 0 Å². The van der Waals surface area contributed by atoms with Crippen LogP contribution in [0.25, 0.3) is 0 Å². The highest BCUT2D eigenvalue weighted by Gasteiger charge is 2.14. The van der Waals surface area contributed by atoms with Crippen LogP contribution >= 0.6 is 0 Å². The second kappa shape index (κ2) is 8.69. The van der Waals surface area contributed by atoms with Gasteiger partial charge in [0, 0.05) is 23.7 Å². The zero-order valence-corrected chi connectivity index (χ0v) is 13.3. The maximum Gasteiger partial charge on any atom is 0.129 e. The smallest absolute Gasteiger partial charge is 0.129 e. The van der Waals surface area contributed by atoms with E-state index in [1.165, 1.54) is 0 Å². The molecule has 0 spiro atoms. The molecule has 1 atom stereocenters. The van der Waals surface area contributed by atoms with Crippen molar-refractivity contribution in [2.24, 2.45) is 0 Å². The van der Waals surface area contributed by atoms with Crippen molar-refractivity contribution in [3.63, 3.8) is 0 Å². The largest absolute Gasteiger partial charge is 0.496 e. The maximum atomic E-state index is 5.46. The third kappa shape index (κ3) is 4.60. The molecule has 1 aromatic carbocycles. The first kappa shape index (κ1) is 16.6. The van der Waals surface area contributed by atoms with Gasteiger partial charge in [0.2, 0.25) is 0 Å². The van der Waals surface area contributed by atoms with Crippen LogP contribution in [0.2, 0.25) is 0 Å². The molecule has 0 amide bonds. The number of hydrogen-bond acceptors (Lipinski definition) is 4. The molecule has 0 aromatic heterocycles. The van der Waals surface area contributed by atoms with E-state index < -0.39 is 0 Å². The molecule has 0 radical (unpaired) electrons. The van der Waals surface area contributed by atoms with Crippen molar-refractivity contribution in [3.05, 3.63) is 17.7 Å². The molecular formula is C16H27NO3. The van der Waals surface area contributed by atoms with Crippen molar-refractivity contribution in [1.82, 2.24) is 5.32 Å². The second-order valence-electron chi connectivity index (χ2n) is 4.90. The summed E-state index contributed by atoms with van der Waals surface area (Å²) < 4.78 is 16.2. The third-order valence-corrected chi connectivity index (χ3v) is 3.39. The van der Waals surface area contributed by atoms with E-state index in [9.17, 15) is 0 Å². The summed E-state index contributed by atoms with van der Waals surface area (Å²) in [6, 6.07) is 4.29. The first-order chi connectivity index (χ1) is 9.65. The van der Waals surface area contributed by atoms with E-state index in [1.54, 1.807) is 21.3 Å². The van der Waals surface area contributed by atoms with E-state index in [4.69, 9.17) is 14.2 Å². The van der Waals surface area contributed by atoms with Crippen LogP contribution in [-0.2, 0) is 6.42 Å². The predicted octanol–water partition coefficient (Wildman–Crippen LogP) is 3.03. The molecule has 1 rings (SSSR count). The summed E-state index contributed by atoms with van der Waals surface area (Å²) in [6.07, 6.45) is 3.10. The first-order valence-corrected chi connectivity index (χ1v) is 7.18. The lowest BCUT2D eigenvalue weighted by Gasteiger charge is -2.17. The molecule has 0 aliphatic rings. The average Bonchev–Trinajstić information content (AvgIpc) is 2.49. The molecule has 0 fully saturated rings. The van der Waals surface area contributed by atoms with E-state index in [0.29, 0.717) is 6.04 Å². The molecule has 4 nitrogen and oxygen atoms in total. The zero-order valence-electron chi connectivity index (χ0n) is 13.3. The molecule has 0 saturated carbocycles. The molecule has 0 saturated heterocycles. The molecule has 0 bridgehead atoms. The predicted molar refractivity (Wildman–Crippen MR) is 82.2 cm³/mol. The van der Waals surface area contributed by atoms with E-state index in [1.807, 2.05) is 12.1 Å². The molecule has 1 aromatic rings. The van der Waals surface area contributed by atoms with Crippen molar-refractivity contribution < 1.29 is 14.2 Å². The fraction of sp³-hybridized carbons (Fsp3) is 0.625. The summed E-state index contributed by atoms with van der Waals surface area (Å²) in [4.78, 5) is 0. The molecular weight excluding hydrogens is 254 g/mol. The zero-order chi connectivity index (χ0) is 15.0. The molecule has 20 heavy (non-hydrogen) atoms. The number of benzene rings is 1. The van der Waals surface area contributed by atoms with Crippen molar-refractivity contribution in [1.29, 1.82) is 0 Å². The summed E-state index contributed by atoms with van der Waals surface area (Å²) in [7, 11) is 5.00. The highest BCUT2D eigenvalue weighted by Crippen LogP contribution is 2.35. The quantitative estimate of drug-likeness (QED) is 0.755. The van der Waals surface area contributed by atoms with E-state index >= 15 is 0 Å². The standard InChI is InChI=1S/C16H27NO3/c1-6-9-17-12(2)7-8-14-15(19-4)10-13(18-3)11-16(14)20-5/h10-12,17H,6-9H2,1-5H3. The van der Waals surface area contributed by atoms with Gasteiger partial charge in [-0.15, -0.1) is 0 Å². The number of nitrogens with one attached hydrogen (secondary N) is 1. The topological polar surface area (TPSA) is 39.7 Å². The summed E-state index contributed by atoms with van der Waals surface area (Å²) >= 11 is 0. The number of ether oxygens (including phenoxy) is 3. The average molecular weight is 281 g/mol. The lowest BCUT2D eigenvalue weighted by Crippen LogP contribution is -2.27. The van der Waals surface area contributed by atoms with Gasteiger partial charge in [-0.3, -0.25) is 0 Å².